The van der Waals surface area contributed by atoms with E-state index in [9.17, 15) is 4.57 Å². The lowest BCUT2D eigenvalue weighted by atomic mass is 10.2. The molecule has 0 unspecified atom stereocenters. The third-order valence-electron chi connectivity index (χ3n) is 3.18. The lowest BCUT2D eigenvalue weighted by molar-refractivity contribution is 0.371. The number of hydrogen-bond acceptors (Lipinski definition) is 3. The topological polar surface area (TPSA) is 88.2 Å². The predicted molar refractivity (Wildman–Crippen MR) is 90.2 cm³/mol. The van der Waals surface area contributed by atoms with Crippen LogP contribution >= 0.6 is 23.5 Å². The molecule has 0 radical (unpaired) electrons. The van der Waals surface area contributed by atoms with Crippen molar-refractivity contribution >= 4 is 23.5 Å². The minimum absolute atomic E-state index is 0.298. The first-order valence-corrected chi connectivity index (χ1v) is 9.32. The van der Waals surface area contributed by atoms with E-state index < -0.39 is 7.60 Å². The van der Waals surface area contributed by atoms with E-state index in [2.05, 4.69) is 26.2 Å². The fraction of sp³-hybridized carbons (Fsp3) is 0.0667. The number of benzene rings is 2. The molecule has 0 amide bonds. The van der Waals surface area contributed by atoms with Crippen molar-refractivity contribution in [3.63, 3.8) is 0 Å². The summed E-state index contributed by atoms with van der Waals surface area (Å²) in [5.74, 6) is 0. The van der Waals surface area contributed by atoms with Crippen LogP contribution in [0, 0.1) is 0 Å². The molecule has 0 aliphatic carbocycles. The summed E-state index contributed by atoms with van der Waals surface area (Å²) >= 11 is 3.42. The van der Waals surface area contributed by atoms with E-state index in [0.29, 0.717) is 16.9 Å². The Morgan fingerprint density at radius 1 is 1.13 bits per heavy atom. The van der Waals surface area contributed by atoms with E-state index in [0.717, 1.165) is 10.0 Å². The molecular formula is C15H13BrN3O3P. The minimum atomic E-state index is -4.10. The molecule has 0 atom stereocenters. The Bertz CT molecular complexity index is 891. The van der Waals surface area contributed by atoms with Crippen LogP contribution in [0.3, 0.4) is 0 Å². The SMILES string of the molecule is O=P(O)(O)Cc1cccc(-n2cc(-c3cccc(Br)c3)nn2)c1. The minimum Gasteiger partial charge on any atom is -0.324 e. The van der Waals surface area contributed by atoms with Crippen molar-refractivity contribution < 1.29 is 14.4 Å². The van der Waals surface area contributed by atoms with Crippen molar-refractivity contribution in [3.8, 4) is 16.9 Å². The standard InChI is InChI=1S/C15H13BrN3O3P/c16-13-5-2-4-12(8-13)15-9-19(18-17-15)14-6-1-3-11(7-14)10-23(20,21)22/h1-9H,10H2,(H2,20,21,22). The van der Waals surface area contributed by atoms with Crippen molar-refractivity contribution in [2.75, 3.05) is 0 Å². The van der Waals surface area contributed by atoms with Gasteiger partial charge in [0.25, 0.3) is 0 Å². The first kappa shape index (κ1) is 16.1. The first-order chi connectivity index (χ1) is 10.9. The summed E-state index contributed by atoms with van der Waals surface area (Å²) in [5.41, 5.74) is 2.89. The number of hydrogen-bond donors (Lipinski definition) is 2. The molecule has 0 aliphatic rings. The highest BCUT2D eigenvalue weighted by atomic mass is 79.9. The maximum Gasteiger partial charge on any atom is 0.329 e. The predicted octanol–water partition coefficient (Wildman–Crippen LogP) is 3.37. The van der Waals surface area contributed by atoms with Crippen LogP contribution < -0.4 is 0 Å². The molecule has 0 aliphatic heterocycles. The van der Waals surface area contributed by atoms with Crippen LogP contribution in [0.25, 0.3) is 16.9 Å². The fourth-order valence-electron chi connectivity index (χ4n) is 2.21. The van der Waals surface area contributed by atoms with Gasteiger partial charge >= 0.3 is 7.60 Å². The molecule has 23 heavy (non-hydrogen) atoms. The average molecular weight is 394 g/mol. The van der Waals surface area contributed by atoms with Gasteiger partial charge in [0.2, 0.25) is 0 Å². The fourth-order valence-corrected chi connectivity index (χ4v) is 3.28. The zero-order chi connectivity index (χ0) is 16.4. The lowest BCUT2D eigenvalue weighted by Crippen LogP contribution is -1.96. The monoisotopic (exact) mass is 393 g/mol. The van der Waals surface area contributed by atoms with E-state index in [1.165, 1.54) is 0 Å². The van der Waals surface area contributed by atoms with Crippen LogP contribution in [0.4, 0.5) is 0 Å². The van der Waals surface area contributed by atoms with Crippen molar-refractivity contribution in [1.82, 2.24) is 15.0 Å². The van der Waals surface area contributed by atoms with Gasteiger partial charge in [-0.05, 0) is 29.8 Å². The average Bonchev–Trinajstić information content (AvgIpc) is 2.95. The van der Waals surface area contributed by atoms with Gasteiger partial charge in [0.05, 0.1) is 18.0 Å². The summed E-state index contributed by atoms with van der Waals surface area (Å²) < 4.78 is 13.7. The van der Waals surface area contributed by atoms with Gasteiger partial charge in [-0.25, -0.2) is 4.68 Å². The van der Waals surface area contributed by atoms with Crippen LogP contribution in [0.1, 0.15) is 5.56 Å². The maximum absolute atomic E-state index is 11.1. The molecule has 2 N–H and O–H groups in total. The van der Waals surface area contributed by atoms with Crippen LogP contribution in [0.15, 0.2) is 59.2 Å². The molecule has 0 bridgehead atoms. The summed E-state index contributed by atoms with van der Waals surface area (Å²) in [7, 11) is -4.10. The first-order valence-electron chi connectivity index (χ1n) is 6.73. The second kappa shape index (κ2) is 6.37. The number of nitrogens with zero attached hydrogens (tertiary/aromatic N) is 3. The molecule has 0 spiro atoms. The second-order valence-corrected chi connectivity index (χ2v) is 7.61. The van der Waals surface area contributed by atoms with Crippen LogP contribution in [0.5, 0.6) is 0 Å². The highest BCUT2D eigenvalue weighted by molar-refractivity contribution is 9.10. The Morgan fingerprint density at radius 2 is 1.91 bits per heavy atom. The Kier molecular flexibility index (Phi) is 4.46. The van der Waals surface area contributed by atoms with E-state index in [-0.39, 0.29) is 6.16 Å². The van der Waals surface area contributed by atoms with Gasteiger partial charge in [-0.2, -0.15) is 0 Å². The molecule has 0 saturated heterocycles. The van der Waals surface area contributed by atoms with Crippen LogP contribution in [0.2, 0.25) is 0 Å². The van der Waals surface area contributed by atoms with Crippen molar-refractivity contribution in [1.29, 1.82) is 0 Å². The molecule has 8 heteroatoms. The van der Waals surface area contributed by atoms with Crippen molar-refractivity contribution in [2.24, 2.45) is 0 Å². The maximum atomic E-state index is 11.1. The quantitative estimate of drug-likeness (QED) is 0.663. The second-order valence-electron chi connectivity index (χ2n) is 5.05. The van der Waals surface area contributed by atoms with Gasteiger partial charge in [0, 0.05) is 10.0 Å². The van der Waals surface area contributed by atoms with Gasteiger partial charge in [0.15, 0.2) is 0 Å². The number of rotatable bonds is 4. The van der Waals surface area contributed by atoms with E-state index in [1.807, 2.05) is 30.3 Å². The Labute approximate surface area is 141 Å². The molecule has 1 aromatic heterocycles. The molecule has 0 fully saturated rings. The third-order valence-corrected chi connectivity index (χ3v) is 4.45. The highest BCUT2D eigenvalue weighted by Gasteiger charge is 2.14. The zero-order valence-electron chi connectivity index (χ0n) is 11.9. The Morgan fingerprint density at radius 3 is 2.65 bits per heavy atom. The van der Waals surface area contributed by atoms with Gasteiger partial charge < -0.3 is 9.79 Å². The molecule has 2 aromatic carbocycles. The normalized spacial score (nSPS) is 11.6. The summed E-state index contributed by atoms with van der Waals surface area (Å²) in [5, 5.41) is 8.23. The van der Waals surface area contributed by atoms with E-state index >= 15 is 0 Å². The number of halogens is 1. The molecule has 3 rings (SSSR count). The van der Waals surface area contributed by atoms with Gasteiger partial charge in [0.1, 0.15) is 5.69 Å². The van der Waals surface area contributed by atoms with Crippen molar-refractivity contribution in [2.45, 2.75) is 6.16 Å². The Hall–Kier alpha value is -1.79. The summed E-state index contributed by atoms with van der Waals surface area (Å²) in [6, 6.07) is 14.6. The lowest BCUT2D eigenvalue weighted by Gasteiger charge is -2.06. The van der Waals surface area contributed by atoms with Gasteiger partial charge in [-0.15, -0.1) is 5.10 Å². The smallest absolute Gasteiger partial charge is 0.324 e. The summed E-state index contributed by atoms with van der Waals surface area (Å²) in [6.45, 7) is 0. The van der Waals surface area contributed by atoms with Crippen LogP contribution in [-0.2, 0) is 10.7 Å². The molecule has 0 saturated carbocycles. The molecular weight excluding hydrogens is 381 g/mol. The van der Waals surface area contributed by atoms with E-state index in [4.69, 9.17) is 9.79 Å². The van der Waals surface area contributed by atoms with Gasteiger partial charge in [-0.1, -0.05) is 45.4 Å². The van der Waals surface area contributed by atoms with E-state index in [1.54, 1.807) is 29.1 Å². The zero-order valence-corrected chi connectivity index (χ0v) is 14.4. The summed E-state index contributed by atoms with van der Waals surface area (Å²) in [6.07, 6.45) is 1.48. The molecule has 3 aromatic rings. The number of aromatic nitrogens is 3. The largest absolute Gasteiger partial charge is 0.329 e. The van der Waals surface area contributed by atoms with Crippen molar-refractivity contribution in [3.05, 3.63) is 64.8 Å². The highest BCUT2D eigenvalue weighted by Crippen LogP contribution is 2.39. The third kappa shape index (κ3) is 4.14. The summed E-state index contributed by atoms with van der Waals surface area (Å²) in [4.78, 5) is 18.2. The van der Waals surface area contributed by atoms with Crippen LogP contribution in [-0.4, -0.2) is 24.8 Å². The molecule has 118 valence electrons. The molecule has 1 heterocycles. The molecule has 6 nitrogen and oxygen atoms in total. The Balaban J connectivity index is 1.91. The van der Waals surface area contributed by atoms with Gasteiger partial charge in [-0.3, -0.25) is 4.57 Å².